The summed E-state index contributed by atoms with van der Waals surface area (Å²) in [5, 5.41) is 37.3. The number of phenols is 1. The molecule has 0 fully saturated rings. The van der Waals surface area contributed by atoms with Gasteiger partial charge in [0, 0.05) is 24.7 Å². The molecular formula is C48H63N5O9. The minimum atomic E-state index is -1.57. The normalized spacial score (nSPS) is 13.8. The molecule has 4 aromatic carbocycles. The summed E-state index contributed by atoms with van der Waals surface area (Å²) in [6.07, 6.45) is -2.26. The lowest BCUT2D eigenvalue weighted by atomic mass is 9.85. The number of rotatable bonds is 20. The number of alkyl carbamates (subject to hydrolysis) is 1. The summed E-state index contributed by atoms with van der Waals surface area (Å²) in [5.41, 5.74) is 4.03. The Bertz CT molecular complexity index is 2080. The molecule has 4 aromatic rings. The topological polar surface area (TPSA) is 197 Å². The predicted octanol–water partition coefficient (Wildman–Crippen LogP) is 5.37. The van der Waals surface area contributed by atoms with Crippen LogP contribution in [0.4, 0.5) is 4.79 Å². The third-order valence-corrected chi connectivity index (χ3v) is 10.4. The van der Waals surface area contributed by atoms with E-state index in [1.54, 1.807) is 66.0 Å². The summed E-state index contributed by atoms with van der Waals surface area (Å²) in [6, 6.07) is 22.3. The first-order chi connectivity index (χ1) is 29.4. The zero-order valence-corrected chi connectivity index (χ0v) is 37.2. The number of aromatic hydroxyl groups is 1. The van der Waals surface area contributed by atoms with Gasteiger partial charge in [0.1, 0.15) is 42.0 Å². The molecule has 0 spiro atoms. The number of ether oxygens (including phenoxy) is 3. The Morgan fingerprint density at radius 2 is 1.31 bits per heavy atom. The van der Waals surface area contributed by atoms with Crippen molar-refractivity contribution < 1.29 is 43.6 Å². The molecule has 0 bridgehead atoms. The fraction of sp³-hybridized carbons (Fsp3) is 0.417. The van der Waals surface area contributed by atoms with E-state index < -0.39 is 65.4 Å². The molecule has 0 aliphatic carbocycles. The third kappa shape index (κ3) is 14.5. The molecule has 7 N–H and O–H groups in total. The number of amides is 4. The van der Waals surface area contributed by atoms with Crippen molar-refractivity contribution in [3.63, 3.8) is 0 Å². The molecule has 0 heterocycles. The van der Waals surface area contributed by atoms with Crippen molar-refractivity contribution in [2.24, 2.45) is 11.3 Å². The molecule has 5 atom stereocenters. The van der Waals surface area contributed by atoms with Gasteiger partial charge in [-0.3, -0.25) is 19.7 Å². The summed E-state index contributed by atoms with van der Waals surface area (Å²) in [6.45, 7) is 12.9. The Balaban J connectivity index is 1.61. The summed E-state index contributed by atoms with van der Waals surface area (Å²) < 4.78 is 16.0. The van der Waals surface area contributed by atoms with Gasteiger partial charge in [-0.1, -0.05) is 106 Å². The van der Waals surface area contributed by atoms with Crippen LogP contribution in [0.2, 0.25) is 0 Å². The standard InChI is InChI=1S/C48H63N5O9/c1-29(2)40(44(56)50-27-35-17-20-37(61-9)25-39(35)54)52-45(57)41(49-26-33-15-18-36(60-8)19-16-33)42(55)38(24-32-13-11-10-12-14-32)51-46(58)43(48(5,6)7)53-47(59)62-28-34-22-30(3)21-31(4)23-34/h10-23,25,29,38,40-43,49,54-55H,24,26-28H2,1-9H3,(H,50,56)(H,51,58)(H,52,57)(H,53,59)/t38-,40-,41+,42+,43+/m0/s1. The highest BCUT2D eigenvalue weighted by molar-refractivity contribution is 5.91. The zero-order chi connectivity index (χ0) is 45.6. The fourth-order valence-corrected chi connectivity index (χ4v) is 6.99. The molecule has 62 heavy (non-hydrogen) atoms. The molecular weight excluding hydrogens is 791 g/mol. The fourth-order valence-electron chi connectivity index (χ4n) is 6.99. The first-order valence-electron chi connectivity index (χ1n) is 20.7. The Morgan fingerprint density at radius 3 is 1.89 bits per heavy atom. The number of aliphatic hydroxyl groups excluding tert-OH is 1. The smallest absolute Gasteiger partial charge is 0.408 e. The van der Waals surface area contributed by atoms with E-state index in [0.29, 0.717) is 17.1 Å². The van der Waals surface area contributed by atoms with Gasteiger partial charge in [-0.25, -0.2) is 4.79 Å². The second-order valence-corrected chi connectivity index (χ2v) is 17.0. The Hall–Kier alpha value is -6.12. The number of benzene rings is 4. The molecule has 4 rings (SSSR count). The van der Waals surface area contributed by atoms with Gasteiger partial charge < -0.3 is 45.7 Å². The minimum Gasteiger partial charge on any atom is -0.507 e. The van der Waals surface area contributed by atoms with E-state index in [1.165, 1.54) is 13.2 Å². The summed E-state index contributed by atoms with van der Waals surface area (Å²) in [5.74, 6) is -1.17. The number of hydrogen-bond donors (Lipinski definition) is 7. The second kappa shape index (κ2) is 22.6. The van der Waals surface area contributed by atoms with Crippen LogP contribution in [0.1, 0.15) is 68.0 Å². The average Bonchev–Trinajstić information content (AvgIpc) is 3.22. The molecule has 4 amide bonds. The summed E-state index contributed by atoms with van der Waals surface area (Å²) in [4.78, 5) is 55.7. The Morgan fingerprint density at radius 1 is 0.677 bits per heavy atom. The maximum atomic E-state index is 14.5. The van der Waals surface area contributed by atoms with E-state index in [1.807, 2.05) is 74.5 Å². The van der Waals surface area contributed by atoms with E-state index >= 15 is 0 Å². The van der Waals surface area contributed by atoms with Gasteiger partial charge in [0.15, 0.2) is 0 Å². The molecule has 0 aliphatic rings. The van der Waals surface area contributed by atoms with Gasteiger partial charge >= 0.3 is 6.09 Å². The van der Waals surface area contributed by atoms with Crippen LogP contribution >= 0.6 is 0 Å². The molecule has 0 radical (unpaired) electrons. The number of nitrogens with one attached hydrogen (secondary N) is 5. The maximum absolute atomic E-state index is 14.5. The van der Waals surface area contributed by atoms with Crippen molar-refractivity contribution in [1.82, 2.24) is 26.6 Å². The van der Waals surface area contributed by atoms with Crippen molar-refractivity contribution in [3.05, 3.63) is 124 Å². The molecule has 0 aliphatic heterocycles. The largest absolute Gasteiger partial charge is 0.507 e. The van der Waals surface area contributed by atoms with Crippen LogP contribution in [-0.2, 0) is 45.2 Å². The van der Waals surface area contributed by atoms with Gasteiger partial charge in [0.2, 0.25) is 17.7 Å². The zero-order valence-electron chi connectivity index (χ0n) is 37.2. The summed E-state index contributed by atoms with van der Waals surface area (Å²) in [7, 11) is 3.04. The lowest BCUT2D eigenvalue weighted by molar-refractivity contribution is -0.134. The van der Waals surface area contributed by atoms with Crippen LogP contribution in [0.5, 0.6) is 17.2 Å². The van der Waals surface area contributed by atoms with Crippen molar-refractivity contribution in [3.8, 4) is 17.2 Å². The van der Waals surface area contributed by atoms with Crippen molar-refractivity contribution in [1.29, 1.82) is 0 Å². The van der Waals surface area contributed by atoms with E-state index in [-0.39, 0.29) is 31.9 Å². The first-order valence-corrected chi connectivity index (χ1v) is 20.7. The van der Waals surface area contributed by atoms with Gasteiger partial charge in [-0.05, 0) is 72.6 Å². The SMILES string of the molecule is COc1ccc(CN[C@@H](C(=O)N[C@H](C(=O)NCc2ccc(OC)cc2O)C(C)C)[C@H](O)[C@H](Cc2ccccc2)NC(=O)[C@@H](NC(=O)OCc2cc(C)cc(C)c2)C(C)(C)C)cc1. The highest BCUT2D eigenvalue weighted by Gasteiger charge is 2.39. The lowest BCUT2D eigenvalue weighted by Crippen LogP contribution is -2.63. The van der Waals surface area contributed by atoms with E-state index in [2.05, 4.69) is 26.6 Å². The minimum absolute atomic E-state index is 0.00180. The number of hydrogen-bond acceptors (Lipinski definition) is 10. The molecule has 14 heteroatoms. The molecule has 0 saturated heterocycles. The monoisotopic (exact) mass is 853 g/mol. The van der Waals surface area contributed by atoms with E-state index in [9.17, 15) is 29.4 Å². The van der Waals surface area contributed by atoms with Crippen molar-refractivity contribution in [2.75, 3.05) is 14.2 Å². The van der Waals surface area contributed by atoms with Crippen LogP contribution in [0.3, 0.4) is 0 Å². The van der Waals surface area contributed by atoms with Gasteiger partial charge in [-0.2, -0.15) is 0 Å². The molecule has 0 saturated carbocycles. The number of phenolic OH excluding ortho intramolecular Hbond substituents is 1. The van der Waals surface area contributed by atoms with Crippen LogP contribution in [0, 0.1) is 25.2 Å². The van der Waals surface area contributed by atoms with Crippen LogP contribution in [0.15, 0.2) is 91.0 Å². The number of aryl methyl sites for hydroxylation is 2. The van der Waals surface area contributed by atoms with Gasteiger partial charge in [0.25, 0.3) is 0 Å². The van der Waals surface area contributed by atoms with Crippen molar-refractivity contribution in [2.45, 2.75) is 105 Å². The van der Waals surface area contributed by atoms with Crippen LogP contribution in [0.25, 0.3) is 0 Å². The lowest BCUT2D eigenvalue weighted by Gasteiger charge is -2.35. The number of carbonyl (C=O) groups is 4. The quantitative estimate of drug-likeness (QED) is 0.0608. The second-order valence-electron chi connectivity index (χ2n) is 17.0. The maximum Gasteiger partial charge on any atom is 0.408 e. The Kier molecular flexibility index (Phi) is 17.7. The van der Waals surface area contributed by atoms with Crippen LogP contribution in [-0.4, -0.2) is 78.5 Å². The predicted molar refractivity (Wildman–Crippen MR) is 237 cm³/mol. The van der Waals surface area contributed by atoms with Crippen molar-refractivity contribution >= 4 is 23.8 Å². The number of aliphatic hydroxyl groups is 1. The van der Waals surface area contributed by atoms with Gasteiger partial charge in [0.05, 0.1) is 26.4 Å². The first kappa shape index (κ1) is 48.5. The molecule has 334 valence electrons. The average molecular weight is 854 g/mol. The third-order valence-electron chi connectivity index (χ3n) is 10.4. The molecule has 0 unspecified atom stereocenters. The number of carbonyl (C=O) groups excluding carboxylic acids is 4. The Labute approximate surface area is 365 Å². The summed E-state index contributed by atoms with van der Waals surface area (Å²) >= 11 is 0. The highest BCUT2D eigenvalue weighted by Crippen LogP contribution is 2.24. The van der Waals surface area contributed by atoms with Gasteiger partial charge in [-0.15, -0.1) is 0 Å². The van der Waals surface area contributed by atoms with E-state index in [4.69, 9.17) is 14.2 Å². The highest BCUT2D eigenvalue weighted by atomic mass is 16.5. The van der Waals surface area contributed by atoms with Crippen LogP contribution < -0.4 is 36.1 Å². The number of methoxy groups -OCH3 is 2. The molecule has 0 aromatic heterocycles. The molecule has 14 nitrogen and oxygen atoms in total. The van der Waals surface area contributed by atoms with E-state index in [0.717, 1.165) is 27.8 Å².